The molecule has 0 saturated heterocycles. The van der Waals surface area contributed by atoms with Crippen molar-refractivity contribution >= 4 is 5.96 Å². The first-order valence-electron chi connectivity index (χ1n) is 7.97. The fourth-order valence-electron chi connectivity index (χ4n) is 2.69. The Hall–Kier alpha value is -1.51. The van der Waals surface area contributed by atoms with Gasteiger partial charge < -0.3 is 10.6 Å². The summed E-state index contributed by atoms with van der Waals surface area (Å²) in [7, 11) is 0. The van der Waals surface area contributed by atoms with Gasteiger partial charge in [-0.05, 0) is 44.1 Å². The van der Waals surface area contributed by atoms with E-state index in [0.717, 1.165) is 12.5 Å². The second kappa shape index (κ2) is 4.80. The summed E-state index contributed by atoms with van der Waals surface area (Å²) in [5.41, 5.74) is 1.78. The molecular weight excluding hydrogens is 246 g/mol. The van der Waals surface area contributed by atoms with E-state index in [1.54, 1.807) is 0 Å². The third-order valence-electron chi connectivity index (χ3n) is 4.62. The zero-order chi connectivity index (χ0) is 13.4. The highest BCUT2D eigenvalue weighted by molar-refractivity contribution is 5.81. The number of benzene rings is 1. The molecule has 1 aromatic carbocycles. The van der Waals surface area contributed by atoms with Crippen molar-refractivity contribution < 1.29 is 0 Å². The van der Waals surface area contributed by atoms with Gasteiger partial charge in [-0.2, -0.15) is 0 Å². The van der Waals surface area contributed by atoms with Crippen LogP contribution in [0, 0.1) is 0 Å². The Balaban J connectivity index is 1.44. The van der Waals surface area contributed by atoms with E-state index in [1.807, 2.05) is 0 Å². The molecule has 3 aliphatic carbocycles. The first-order valence-corrected chi connectivity index (χ1v) is 7.97. The SMILES string of the molecule is c1ccc(C2(CN=C(NC3CC3)NC3CC3)CC2)cc1. The van der Waals surface area contributed by atoms with Crippen molar-refractivity contribution in [3.05, 3.63) is 35.9 Å². The van der Waals surface area contributed by atoms with Crippen molar-refractivity contribution in [3.8, 4) is 0 Å². The molecule has 0 aromatic heterocycles. The smallest absolute Gasteiger partial charge is 0.191 e. The van der Waals surface area contributed by atoms with Crippen molar-refractivity contribution in [2.75, 3.05) is 6.54 Å². The van der Waals surface area contributed by atoms with Crippen LogP contribution in [0.15, 0.2) is 35.3 Å². The Morgan fingerprint density at radius 1 is 1.00 bits per heavy atom. The van der Waals surface area contributed by atoms with Gasteiger partial charge in [0.1, 0.15) is 0 Å². The zero-order valence-electron chi connectivity index (χ0n) is 11.9. The van der Waals surface area contributed by atoms with Gasteiger partial charge in [-0.3, -0.25) is 4.99 Å². The van der Waals surface area contributed by atoms with Crippen LogP contribution >= 0.6 is 0 Å². The van der Waals surface area contributed by atoms with Crippen LogP contribution < -0.4 is 10.6 Å². The lowest BCUT2D eigenvalue weighted by molar-refractivity contribution is 0.689. The number of aliphatic imine (C=N–C) groups is 1. The van der Waals surface area contributed by atoms with Gasteiger partial charge in [-0.15, -0.1) is 0 Å². The maximum absolute atomic E-state index is 4.89. The summed E-state index contributed by atoms with van der Waals surface area (Å²) in [4.78, 5) is 4.89. The van der Waals surface area contributed by atoms with Gasteiger partial charge in [0, 0.05) is 17.5 Å². The molecule has 0 spiro atoms. The Morgan fingerprint density at radius 2 is 1.60 bits per heavy atom. The van der Waals surface area contributed by atoms with E-state index >= 15 is 0 Å². The van der Waals surface area contributed by atoms with Crippen LogP contribution in [-0.2, 0) is 5.41 Å². The molecule has 4 rings (SSSR count). The summed E-state index contributed by atoms with van der Waals surface area (Å²) in [6, 6.07) is 12.2. The van der Waals surface area contributed by atoms with E-state index in [2.05, 4.69) is 41.0 Å². The van der Waals surface area contributed by atoms with E-state index in [4.69, 9.17) is 4.99 Å². The van der Waals surface area contributed by atoms with Crippen molar-refractivity contribution in [1.82, 2.24) is 10.6 Å². The lowest BCUT2D eigenvalue weighted by Crippen LogP contribution is -2.40. The van der Waals surface area contributed by atoms with Crippen molar-refractivity contribution in [1.29, 1.82) is 0 Å². The topological polar surface area (TPSA) is 36.4 Å². The lowest BCUT2D eigenvalue weighted by Gasteiger charge is -2.16. The molecule has 3 aliphatic rings. The molecule has 0 unspecified atom stereocenters. The van der Waals surface area contributed by atoms with E-state index in [1.165, 1.54) is 44.1 Å². The first kappa shape index (κ1) is 12.2. The molecule has 106 valence electrons. The molecule has 0 atom stereocenters. The Bertz CT molecular complexity index is 480. The summed E-state index contributed by atoms with van der Waals surface area (Å²) in [6.07, 6.45) is 7.76. The molecule has 20 heavy (non-hydrogen) atoms. The van der Waals surface area contributed by atoms with Crippen molar-refractivity contribution in [2.45, 2.75) is 56.0 Å². The molecule has 0 bridgehead atoms. The fraction of sp³-hybridized carbons (Fsp3) is 0.588. The quantitative estimate of drug-likeness (QED) is 0.637. The standard InChI is InChI=1S/C17H23N3/c1-2-4-13(5-3-1)17(10-11-17)12-18-16(19-14-6-7-14)20-15-8-9-15/h1-5,14-15H,6-12H2,(H2,18,19,20). The number of rotatable bonds is 5. The van der Waals surface area contributed by atoms with Crippen molar-refractivity contribution in [2.24, 2.45) is 4.99 Å². The number of guanidine groups is 1. The summed E-state index contributed by atoms with van der Waals surface area (Å²) < 4.78 is 0. The second-order valence-corrected chi connectivity index (χ2v) is 6.65. The van der Waals surface area contributed by atoms with E-state index in [0.29, 0.717) is 17.5 Å². The molecule has 0 heterocycles. The monoisotopic (exact) mass is 269 g/mol. The highest BCUT2D eigenvalue weighted by Crippen LogP contribution is 2.48. The highest BCUT2D eigenvalue weighted by Gasteiger charge is 2.44. The summed E-state index contributed by atoms with van der Waals surface area (Å²) in [5.74, 6) is 1.05. The van der Waals surface area contributed by atoms with Crippen LogP contribution in [0.1, 0.15) is 44.1 Å². The number of hydrogen-bond acceptors (Lipinski definition) is 1. The molecule has 0 aliphatic heterocycles. The first-order chi connectivity index (χ1) is 9.84. The van der Waals surface area contributed by atoms with Gasteiger partial charge in [0.05, 0.1) is 6.54 Å². The minimum atomic E-state index is 0.322. The highest BCUT2D eigenvalue weighted by atomic mass is 15.2. The van der Waals surface area contributed by atoms with Gasteiger partial charge in [0.15, 0.2) is 5.96 Å². The van der Waals surface area contributed by atoms with E-state index in [-0.39, 0.29) is 0 Å². The molecule has 3 saturated carbocycles. The minimum Gasteiger partial charge on any atom is -0.354 e. The number of nitrogens with one attached hydrogen (secondary N) is 2. The summed E-state index contributed by atoms with van der Waals surface area (Å²) in [5, 5.41) is 7.11. The zero-order valence-corrected chi connectivity index (χ0v) is 11.9. The van der Waals surface area contributed by atoms with Crippen LogP contribution in [0.5, 0.6) is 0 Å². The fourth-order valence-corrected chi connectivity index (χ4v) is 2.69. The molecule has 2 N–H and O–H groups in total. The van der Waals surface area contributed by atoms with Gasteiger partial charge in [0.2, 0.25) is 0 Å². The molecule has 3 nitrogen and oxygen atoms in total. The Kier molecular flexibility index (Phi) is 2.94. The van der Waals surface area contributed by atoms with E-state index < -0.39 is 0 Å². The van der Waals surface area contributed by atoms with E-state index in [9.17, 15) is 0 Å². The number of hydrogen-bond donors (Lipinski definition) is 2. The van der Waals surface area contributed by atoms with Crippen molar-refractivity contribution in [3.63, 3.8) is 0 Å². The Morgan fingerprint density at radius 3 is 2.10 bits per heavy atom. The molecule has 0 amide bonds. The number of nitrogens with zero attached hydrogens (tertiary/aromatic N) is 1. The normalized spacial score (nSPS) is 23.0. The van der Waals surface area contributed by atoms with Crippen LogP contribution in [0.2, 0.25) is 0 Å². The lowest BCUT2D eigenvalue weighted by atomic mass is 9.96. The van der Waals surface area contributed by atoms with Gasteiger partial charge in [-0.25, -0.2) is 0 Å². The van der Waals surface area contributed by atoms with Crippen LogP contribution in [0.25, 0.3) is 0 Å². The maximum Gasteiger partial charge on any atom is 0.191 e. The summed E-state index contributed by atoms with van der Waals surface area (Å²) >= 11 is 0. The third-order valence-corrected chi connectivity index (χ3v) is 4.62. The third kappa shape index (κ3) is 2.82. The minimum absolute atomic E-state index is 0.322. The largest absolute Gasteiger partial charge is 0.354 e. The molecule has 3 heteroatoms. The second-order valence-electron chi connectivity index (χ2n) is 6.65. The van der Waals surface area contributed by atoms with Crippen LogP contribution in [0.3, 0.4) is 0 Å². The van der Waals surface area contributed by atoms with Gasteiger partial charge in [0.25, 0.3) is 0 Å². The van der Waals surface area contributed by atoms with Crippen LogP contribution in [-0.4, -0.2) is 24.6 Å². The predicted molar refractivity (Wildman–Crippen MR) is 82.0 cm³/mol. The van der Waals surface area contributed by atoms with Crippen LogP contribution in [0.4, 0.5) is 0 Å². The maximum atomic E-state index is 4.89. The predicted octanol–water partition coefficient (Wildman–Crippen LogP) is 2.58. The Labute approximate surface area is 120 Å². The van der Waals surface area contributed by atoms with Gasteiger partial charge >= 0.3 is 0 Å². The molecule has 0 radical (unpaired) electrons. The molecule has 1 aromatic rings. The molecular formula is C17H23N3. The van der Waals surface area contributed by atoms with Gasteiger partial charge in [-0.1, -0.05) is 30.3 Å². The average Bonchev–Trinajstić information content (AvgIpc) is 3.34. The average molecular weight is 269 g/mol. The summed E-state index contributed by atoms with van der Waals surface area (Å²) in [6.45, 7) is 0.922. The molecule has 3 fully saturated rings.